The summed E-state index contributed by atoms with van der Waals surface area (Å²) >= 11 is 0. The van der Waals surface area contributed by atoms with Crippen molar-refractivity contribution in [1.29, 1.82) is 0 Å². The van der Waals surface area contributed by atoms with Gasteiger partial charge in [0, 0.05) is 7.11 Å². The maximum absolute atomic E-state index is 11.2. The summed E-state index contributed by atoms with van der Waals surface area (Å²) in [6.45, 7) is -0.648. The third-order valence-electron chi connectivity index (χ3n) is 0.537. The second-order valence-corrected chi connectivity index (χ2v) is 1.26. The van der Waals surface area contributed by atoms with Crippen LogP contribution in [0.25, 0.3) is 0 Å². The van der Waals surface area contributed by atoms with Crippen LogP contribution < -0.4 is 0 Å². The molecule has 3 heteroatoms. The van der Waals surface area contributed by atoms with Gasteiger partial charge in [0.25, 0.3) is 0 Å². The smallest absolute Gasteiger partial charge is 0.118 e. The maximum Gasteiger partial charge on any atom is 0.118 e. The van der Waals surface area contributed by atoms with Crippen molar-refractivity contribution in [2.24, 2.45) is 0 Å². The van der Waals surface area contributed by atoms with E-state index < -0.39 is 12.8 Å². The molecule has 7 heavy (non-hydrogen) atoms. The van der Waals surface area contributed by atoms with E-state index in [2.05, 4.69) is 4.74 Å². The molecule has 0 aliphatic carbocycles. The van der Waals surface area contributed by atoms with Crippen molar-refractivity contribution in [1.82, 2.24) is 0 Å². The van der Waals surface area contributed by atoms with Crippen LogP contribution in [0.5, 0.6) is 0 Å². The van der Waals surface area contributed by atoms with Crippen LogP contribution in [0.2, 0.25) is 0 Å². The Hall–Kier alpha value is -0.150. The van der Waals surface area contributed by atoms with Crippen LogP contribution in [-0.4, -0.2) is 31.6 Å². The molecule has 0 amide bonds. The molecule has 0 bridgehead atoms. The molecule has 0 spiro atoms. The first-order chi connectivity index (χ1) is 3.31. The predicted octanol–water partition coefficient (Wildman–Crippen LogP) is -0.0368. The minimum atomic E-state index is -0.940. The van der Waals surface area contributed by atoms with E-state index in [9.17, 15) is 4.39 Å². The lowest BCUT2D eigenvalue weighted by Crippen LogP contribution is -2.15. The van der Waals surface area contributed by atoms with E-state index in [1.807, 2.05) is 0 Å². The molecule has 0 fully saturated rings. The Labute approximate surface area is 41.9 Å². The first-order valence-corrected chi connectivity index (χ1v) is 2.04. The van der Waals surface area contributed by atoms with Crippen molar-refractivity contribution in [3.05, 3.63) is 0 Å². The number of ether oxygens (including phenoxy) is 1. The molecule has 0 aliphatic heterocycles. The molecule has 0 aromatic heterocycles. The second kappa shape index (κ2) is 4.02. The highest BCUT2D eigenvalue weighted by Gasteiger charge is 1.98. The van der Waals surface area contributed by atoms with Crippen LogP contribution in [0.4, 0.5) is 4.39 Å². The number of aliphatic hydroxyl groups excluding tert-OH is 1. The summed E-state index contributed by atoms with van der Waals surface area (Å²) in [5.41, 5.74) is 0. The molecule has 0 rings (SSSR count). The number of hydrogen-bond donors (Lipinski definition) is 1. The fourth-order valence-electron chi connectivity index (χ4n) is 0.237. The summed E-state index contributed by atoms with van der Waals surface area (Å²) in [6, 6.07) is 0. The zero-order valence-corrected chi connectivity index (χ0v) is 4.22. The Balaban J connectivity index is 2.83. The van der Waals surface area contributed by atoms with Crippen molar-refractivity contribution in [3.8, 4) is 0 Å². The van der Waals surface area contributed by atoms with Crippen LogP contribution in [0.3, 0.4) is 0 Å². The number of hydrogen-bond acceptors (Lipinski definition) is 2. The Morgan fingerprint density at radius 2 is 2.43 bits per heavy atom. The quantitative estimate of drug-likeness (QED) is 0.549. The summed E-state index contributed by atoms with van der Waals surface area (Å²) in [6.07, 6.45) is -0.940. The van der Waals surface area contributed by atoms with E-state index in [-0.39, 0.29) is 6.61 Å². The van der Waals surface area contributed by atoms with E-state index in [0.29, 0.717) is 0 Å². The number of alkyl halides is 1. The number of halogens is 1. The molecule has 1 unspecified atom stereocenters. The van der Waals surface area contributed by atoms with Gasteiger partial charge < -0.3 is 9.84 Å². The van der Waals surface area contributed by atoms with Crippen LogP contribution in [0.1, 0.15) is 0 Å². The monoisotopic (exact) mass is 108 g/mol. The van der Waals surface area contributed by atoms with Crippen molar-refractivity contribution in [3.63, 3.8) is 0 Å². The lowest BCUT2D eigenvalue weighted by atomic mass is 10.4. The van der Waals surface area contributed by atoms with Gasteiger partial charge in [0.15, 0.2) is 0 Å². The largest absolute Gasteiger partial charge is 0.388 e. The second-order valence-electron chi connectivity index (χ2n) is 1.26. The Morgan fingerprint density at radius 3 is 2.57 bits per heavy atom. The van der Waals surface area contributed by atoms with E-state index in [4.69, 9.17) is 5.11 Å². The fourth-order valence-corrected chi connectivity index (χ4v) is 0.237. The number of aliphatic hydroxyl groups is 1. The summed E-state index contributed by atoms with van der Waals surface area (Å²) in [5, 5.41) is 8.36. The zero-order valence-electron chi connectivity index (χ0n) is 4.22. The lowest BCUT2D eigenvalue weighted by molar-refractivity contribution is 0.0482. The summed E-state index contributed by atoms with van der Waals surface area (Å²) in [5.74, 6) is 0. The Kier molecular flexibility index (Phi) is 3.93. The lowest BCUT2D eigenvalue weighted by Gasteiger charge is -2.00. The topological polar surface area (TPSA) is 29.5 Å². The van der Waals surface area contributed by atoms with Gasteiger partial charge >= 0.3 is 0 Å². The van der Waals surface area contributed by atoms with Gasteiger partial charge in [0.2, 0.25) is 0 Å². The van der Waals surface area contributed by atoms with Crippen molar-refractivity contribution in [2.75, 3.05) is 20.4 Å². The van der Waals surface area contributed by atoms with Gasteiger partial charge in [-0.1, -0.05) is 0 Å². The summed E-state index contributed by atoms with van der Waals surface area (Å²) in [7, 11) is 1.42. The highest BCUT2D eigenvalue weighted by atomic mass is 19.1. The van der Waals surface area contributed by atoms with Crippen LogP contribution in [0.15, 0.2) is 0 Å². The third-order valence-corrected chi connectivity index (χ3v) is 0.537. The van der Waals surface area contributed by atoms with Crippen molar-refractivity contribution < 1.29 is 14.2 Å². The first-order valence-electron chi connectivity index (χ1n) is 2.04. The molecular formula is C4H9FO2. The molecule has 44 valence electrons. The first kappa shape index (κ1) is 6.85. The standard InChI is InChI=1S/C4H9FO2/c1-7-3-4(6)2-5/h4,6H,2-3H2,1H3. The molecule has 0 radical (unpaired) electrons. The van der Waals surface area contributed by atoms with E-state index in [0.717, 1.165) is 0 Å². The predicted molar refractivity (Wildman–Crippen MR) is 23.9 cm³/mol. The van der Waals surface area contributed by atoms with Gasteiger partial charge in [-0.05, 0) is 0 Å². The van der Waals surface area contributed by atoms with Crippen LogP contribution in [-0.2, 0) is 4.74 Å². The highest BCUT2D eigenvalue weighted by molar-refractivity contribution is 4.46. The average Bonchev–Trinajstić information content (AvgIpc) is 1.68. The van der Waals surface area contributed by atoms with E-state index in [1.54, 1.807) is 0 Å². The molecule has 1 atom stereocenters. The van der Waals surface area contributed by atoms with Gasteiger partial charge in [-0.2, -0.15) is 0 Å². The summed E-state index contributed by atoms with van der Waals surface area (Å²) < 4.78 is 15.6. The Morgan fingerprint density at radius 1 is 1.86 bits per heavy atom. The van der Waals surface area contributed by atoms with E-state index in [1.165, 1.54) is 7.11 Å². The van der Waals surface area contributed by atoms with Gasteiger partial charge in [-0.3, -0.25) is 0 Å². The fraction of sp³-hybridized carbons (Fsp3) is 1.00. The zero-order chi connectivity index (χ0) is 5.70. The number of rotatable bonds is 3. The van der Waals surface area contributed by atoms with Gasteiger partial charge in [-0.15, -0.1) is 0 Å². The normalized spacial score (nSPS) is 14.1. The van der Waals surface area contributed by atoms with Crippen LogP contribution >= 0.6 is 0 Å². The minimum Gasteiger partial charge on any atom is -0.388 e. The van der Waals surface area contributed by atoms with Gasteiger partial charge in [0.05, 0.1) is 6.61 Å². The van der Waals surface area contributed by atoms with Crippen molar-refractivity contribution in [2.45, 2.75) is 6.10 Å². The third kappa shape index (κ3) is 3.69. The molecular weight excluding hydrogens is 99.0 g/mol. The minimum absolute atomic E-state index is 0.0799. The molecule has 0 aromatic carbocycles. The molecule has 2 nitrogen and oxygen atoms in total. The molecule has 0 saturated heterocycles. The maximum atomic E-state index is 11.2. The van der Waals surface area contributed by atoms with Gasteiger partial charge in [-0.25, -0.2) is 4.39 Å². The molecule has 0 heterocycles. The van der Waals surface area contributed by atoms with Crippen molar-refractivity contribution >= 4 is 0 Å². The summed E-state index contributed by atoms with van der Waals surface area (Å²) in [4.78, 5) is 0. The van der Waals surface area contributed by atoms with Crippen LogP contribution in [0, 0.1) is 0 Å². The number of methoxy groups -OCH3 is 1. The SMILES string of the molecule is COCC(O)CF. The molecule has 0 saturated carbocycles. The molecule has 0 aromatic rings. The van der Waals surface area contributed by atoms with Gasteiger partial charge in [0.1, 0.15) is 12.8 Å². The average molecular weight is 108 g/mol. The highest BCUT2D eigenvalue weighted by Crippen LogP contribution is 1.82. The van der Waals surface area contributed by atoms with E-state index >= 15 is 0 Å². The Bertz CT molecular complexity index is 40.7. The molecule has 0 aliphatic rings. The molecule has 1 N–H and O–H groups in total.